The van der Waals surface area contributed by atoms with Gasteiger partial charge in [0, 0.05) is 19.6 Å². The molecule has 1 fully saturated rings. The molecule has 1 atom stereocenters. The highest BCUT2D eigenvalue weighted by atomic mass is 16.5. The van der Waals surface area contributed by atoms with E-state index in [1.807, 2.05) is 6.92 Å². The second-order valence-corrected chi connectivity index (χ2v) is 6.26. The number of rotatable bonds is 6. The molecule has 1 unspecified atom stereocenters. The van der Waals surface area contributed by atoms with Crippen molar-refractivity contribution in [2.75, 3.05) is 7.11 Å². The summed E-state index contributed by atoms with van der Waals surface area (Å²) in [6.07, 6.45) is 7.02. The van der Waals surface area contributed by atoms with Gasteiger partial charge in [0.25, 0.3) is 0 Å². The van der Waals surface area contributed by atoms with E-state index in [1.54, 1.807) is 7.11 Å². The summed E-state index contributed by atoms with van der Waals surface area (Å²) in [5, 5.41) is 4.16. The molecular formula is C15H27N3O2. The zero-order valence-corrected chi connectivity index (χ0v) is 12.9. The first-order chi connectivity index (χ1) is 9.55. The van der Waals surface area contributed by atoms with Crippen LogP contribution in [0.25, 0.3) is 0 Å². The maximum Gasteiger partial charge on any atom is 0.226 e. The number of ether oxygens (including phenoxy) is 1. The van der Waals surface area contributed by atoms with Gasteiger partial charge in [0.2, 0.25) is 11.7 Å². The van der Waals surface area contributed by atoms with E-state index in [1.165, 1.54) is 0 Å². The molecule has 2 rings (SSSR count). The Kier molecular flexibility index (Phi) is 5.16. The van der Waals surface area contributed by atoms with Gasteiger partial charge in [0.15, 0.2) is 0 Å². The molecule has 1 aliphatic carbocycles. The Morgan fingerprint density at radius 3 is 2.75 bits per heavy atom. The van der Waals surface area contributed by atoms with Crippen LogP contribution in [0.4, 0.5) is 0 Å². The van der Waals surface area contributed by atoms with Gasteiger partial charge in [-0.05, 0) is 51.4 Å². The molecule has 0 amide bonds. The van der Waals surface area contributed by atoms with Crippen LogP contribution in [0, 0.1) is 5.92 Å². The Bertz CT molecular complexity index is 409. The lowest BCUT2D eigenvalue weighted by atomic mass is 9.79. The van der Waals surface area contributed by atoms with E-state index < -0.39 is 0 Å². The van der Waals surface area contributed by atoms with Crippen LogP contribution in [0.2, 0.25) is 0 Å². The fraction of sp³-hybridized carbons (Fsp3) is 0.867. The highest BCUT2D eigenvalue weighted by molar-refractivity contribution is 5.04. The third-order valence-corrected chi connectivity index (χ3v) is 4.40. The van der Waals surface area contributed by atoms with Gasteiger partial charge >= 0.3 is 0 Å². The zero-order valence-electron chi connectivity index (χ0n) is 12.9. The van der Waals surface area contributed by atoms with Gasteiger partial charge in [0.1, 0.15) is 5.60 Å². The minimum Gasteiger partial charge on any atom is -0.370 e. The van der Waals surface area contributed by atoms with Gasteiger partial charge in [-0.3, -0.25) is 0 Å². The molecule has 0 aliphatic heterocycles. The normalized spacial score (nSPS) is 28.5. The van der Waals surface area contributed by atoms with Crippen molar-refractivity contribution in [2.45, 2.75) is 70.4 Å². The van der Waals surface area contributed by atoms with Crippen LogP contribution >= 0.6 is 0 Å². The summed E-state index contributed by atoms with van der Waals surface area (Å²) < 4.78 is 11.1. The summed E-state index contributed by atoms with van der Waals surface area (Å²) in [7, 11) is 1.75. The van der Waals surface area contributed by atoms with Crippen molar-refractivity contribution in [1.29, 1.82) is 0 Å². The van der Waals surface area contributed by atoms with Gasteiger partial charge < -0.3 is 15.0 Å². The lowest BCUT2D eigenvalue weighted by Gasteiger charge is -2.35. The number of aromatic nitrogens is 2. The fourth-order valence-electron chi connectivity index (χ4n) is 2.86. The molecule has 1 saturated carbocycles. The Balaban J connectivity index is 1.99. The van der Waals surface area contributed by atoms with Crippen molar-refractivity contribution >= 4 is 0 Å². The van der Waals surface area contributed by atoms with Crippen LogP contribution in [-0.2, 0) is 16.8 Å². The molecule has 5 nitrogen and oxygen atoms in total. The van der Waals surface area contributed by atoms with E-state index in [0.29, 0.717) is 5.89 Å². The van der Waals surface area contributed by atoms with Crippen molar-refractivity contribution in [3.05, 3.63) is 11.7 Å². The standard InChI is InChI=1S/C15H27N3O2/c1-11-7-9-15(19-3,10-8-11)14-17-13(20-18-14)6-4-5-12(2)16/h11-12H,4-10,16H2,1-3H3. The number of nitrogens with two attached hydrogens (primary N) is 1. The van der Waals surface area contributed by atoms with Gasteiger partial charge in [0.05, 0.1) is 0 Å². The molecule has 20 heavy (non-hydrogen) atoms. The molecule has 1 aromatic rings. The monoisotopic (exact) mass is 281 g/mol. The Morgan fingerprint density at radius 1 is 1.45 bits per heavy atom. The van der Waals surface area contributed by atoms with Crippen molar-refractivity contribution < 1.29 is 9.26 Å². The quantitative estimate of drug-likeness (QED) is 0.868. The van der Waals surface area contributed by atoms with Crippen LogP contribution in [0.1, 0.15) is 64.1 Å². The molecule has 5 heteroatoms. The summed E-state index contributed by atoms with van der Waals surface area (Å²) in [4.78, 5) is 4.56. The molecule has 0 radical (unpaired) electrons. The summed E-state index contributed by atoms with van der Waals surface area (Å²) in [6.45, 7) is 4.30. The van der Waals surface area contributed by atoms with Crippen LogP contribution < -0.4 is 5.73 Å². The number of methoxy groups -OCH3 is 1. The zero-order chi connectivity index (χ0) is 14.6. The first-order valence-corrected chi connectivity index (χ1v) is 7.69. The second-order valence-electron chi connectivity index (χ2n) is 6.26. The number of hydrogen-bond acceptors (Lipinski definition) is 5. The average Bonchev–Trinajstić information content (AvgIpc) is 2.89. The van der Waals surface area contributed by atoms with Gasteiger partial charge in [-0.2, -0.15) is 4.98 Å². The van der Waals surface area contributed by atoms with E-state index in [4.69, 9.17) is 15.0 Å². The summed E-state index contributed by atoms with van der Waals surface area (Å²) >= 11 is 0. The molecule has 0 spiro atoms. The molecule has 1 heterocycles. The third-order valence-electron chi connectivity index (χ3n) is 4.40. The predicted molar refractivity (Wildman–Crippen MR) is 77.2 cm³/mol. The smallest absolute Gasteiger partial charge is 0.226 e. The predicted octanol–water partition coefficient (Wildman–Crippen LogP) is 2.79. The molecule has 114 valence electrons. The first-order valence-electron chi connectivity index (χ1n) is 7.69. The van der Waals surface area contributed by atoms with Crippen molar-refractivity contribution in [3.63, 3.8) is 0 Å². The van der Waals surface area contributed by atoms with E-state index in [2.05, 4.69) is 17.1 Å². The molecule has 1 aromatic heterocycles. The number of nitrogens with zero attached hydrogens (tertiary/aromatic N) is 2. The Labute approximate surface area is 121 Å². The molecule has 0 aromatic carbocycles. The van der Waals surface area contributed by atoms with Crippen molar-refractivity contribution in [3.8, 4) is 0 Å². The molecule has 0 bridgehead atoms. The van der Waals surface area contributed by atoms with E-state index in [-0.39, 0.29) is 11.6 Å². The molecule has 1 aliphatic rings. The summed E-state index contributed by atoms with van der Waals surface area (Å²) in [5.74, 6) is 2.19. The number of aryl methyl sites for hydroxylation is 1. The maximum absolute atomic E-state index is 5.76. The van der Waals surface area contributed by atoms with Crippen LogP contribution in [-0.4, -0.2) is 23.3 Å². The third kappa shape index (κ3) is 3.58. The number of hydrogen-bond donors (Lipinski definition) is 1. The molecule has 0 saturated heterocycles. The van der Waals surface area contributed by atoms with Gasteiger partial charge in [-0.1, -0.05) is 12.1 Å². The van der Waals surface area contributed by atoms with Gasteiger partial charge in [-0.15, -0.1) is 0 Å². The van der Waals surface area contributed by atoms with Crippen LogP contribution in [0.5, 0.6) is 0 Å². The largest absolute Gasteiger partial charge is 0.370 e. The van der Waals surface area contributed by atoms with E-state index in [9.17, 15) is 0 Å². The second kappa shape index (κ2) is 6.68. The SMILES string of the molecule is COC1(c2noc(CCCC(C)N)n2)CCC(C)CC1. The lowest BCUT2D eigenvalue weighted by Crippen LogP contribution is -2.34. The summed E-state index contributed by atoms with van der Waals surface area (Å²) in [5.41, 5.74) is 5.41. The Morgan fingerprint density at radius 2 is 2.15 bits per heavy atom. The lowest BCUT2D eigenvalue weighted by molar-refractivity contribution is -0.0609. The highest BCUT2D eigenvalue weighted by Crippen LogP contribution is 2.40. The maximum atomic E-state index is 5.76. The minimum atomic E-state index is -0.338. The van der Waals surface area contributed by atoms with Crippen molar-refractivity contribution in [1.82, 2.24) is 10.1 Å². The topological polar surface area (TPSA) is 74.2 Å². The molecule has 2 N–H and O–H groups in total. The highest BCUT2D eigenvalue weighted by Gasteiger charge is 2.40. The van der Waals surface area contributed by atoms with Crippen molar-refractivity contribution in [2.24, 2.45) is 11.7 Å². The molecular weight excluding hydrogens is 254 g/mol. The Hall–Kier alpha value is -0.940. The fourth-order valence-corrected chi connectivity index (χ4v) is 2.86. The van der Waals surface area contributed by atoms with Crippen LogP contribution in [0.3, 0.4) is 0 Å². The first kappa shape index (κ1) is 15.4. The summed E-state index contributed by atoms with van der Waals surface area (Å²) in [6, 6.07) is 0.225. The van der Waals surface area contributed by atoms with E-state index >= 15 is 0 Å². The van der Waals surface area contributed by atoms with Gasteiger partial charge in [-0.25, -0.2) is 0 Å². The van der Waals surface area contributed by atoms with E-state index in [0.717, 1.165) is 56.7 Å². The minimum absolute atomic E-state index is 0.225. The average molecular weight is 281 g/mol. The van der Waals surface area contributed by atoms with Crippen LogP contribution in [0.15, 0.2) is 4.52 Å².